The highest BCUT2D eigenvalue weighted by Crippen LogP contribution is 2.21. The molecule has 4 heterocycles. The van der Waals surface area contributed by atoms with Gasteiger partial charge in [-0.2, -0.15) is 5.10 Å². The molecular formula is C19H19N5O3. The van der Waals surface area contributed by atoms with E-state index >= 15 is 0 Å². The number of furan rings is 1. The van der Waals surface area contributed by atoms with Crippen molar-refractivity contribution in [3.05, 3.63) is 66.5 Å². The molecule has 0 spiro atoms. The Hall–Kier alpha value is -3.42. The van der Waals surface area contributed by atoms with Gasteiger partial charge in [0.15, 0.2) is 11.6 Å². The van der Waals surface area contributed by atoms with E-state index < -0.39 is 6.04 Å². The molecule has 1 atom stereocenters. The second-order valence-corrected chi connectivity index (χ2v) is 6.34. The first-order valence-electron chi connectivity index (χ1n) is 8.79. The van der Waals surface area contributed by atoms with Crippen LogP contribution in [0.15, 0.2) is 59.5 Å². The van der Waals surface area contributed by atoms with Gasteiger partial charge < -0.3 is 14.6 Å². The molecule has 0 aliphatic carbocycles. The van der Waals surface area contributed by atoms with Crippen LogP contribution in [0.1, 0.15) is 29.1 Å². The summed E-state index contributed by atoms with van der Waals surface area (Å²) in [6, 6.07) is 10.2. The molecular weight excluding hydrogens is 346 g/mol. The molecule has 1 fully saturated rings. The molecule has 0 aromatic carbocycles. The zero-order valence-electron chi connectivity index (χ0n) is 14.6. The quantitative estimate of drug-likeness (QED) is 0.748. The fourth-order valence-electron chi connectivity index (χ4n) is 3.21. The molecule has 27 heavy (non-hydrogen) atoms. The highest BCUT2D eigenvalue weighted by Gasteiger charge is 2.35. The van der Waals surface area contributed by atoms with Crippen LogP contribution < -0.4 is 5.32 Å². The van der Waals surface area contributed by atoms with E-state index in [1.807, 2.05) is 18.2 Å². The van der Waals surface area contributed by atoms with Crippen molar-refractivity contribution in [3.63, 3.8) is 0 Å². The van der Waals surface area contributed by atoms with Crippen molar-refractivity contribution in [2.75, 3.05) is 11.9 Å². The topological polar surface area (TPSA) is 93.3 Å². The third kappa shape index (κ3) is 3.74. The number of rotatable bonds is 5. The minimum atomic E-state index is -0.524. The number of pyridine rings is 1. The van der Waals surface area contributed by atoms with E-state index in [1.165, 1.54) is 6.26 Å². The number of amides is 2. The number of aromatic nitrogens is 3. The fourth-order valence-corrected chi connectivity index (χ4v) is 3.21. The number of nitrogens with zero attached hydrogens (tertiary/aromatic N) is 4. The third-order valence-electron chi connectivity index (χ3n) is 4.49. The number of carbonyl (C=O) groups excluding carboxylic acids is 2. The normalized spacial score (nSPS) is 16.4. The molecule has 3 aromatic rings. The molecule has 4 rings (SSSR count). The number of likely N-dealkylation sites (tertiary alicyclic amines) is 1. The lowest BCUT2D eigenvalue weighted by Gasteiger charge is -2.22. The molecule has 2 amide bonds. The van der Waals surface area contributed by atoms with Crippen LogP contribution in [0.25, 0.3) is 0 Å². The smallest absolute Gasteiger partial charge is 0.290 e. The predicted molar refractivity (Wildman–Crippen MR) is 97.0 cm³/mol. The van der Waals surface area contributed by atoms with Gasteiger partial charge in [-0.3, -0.25) is 19.3 Å². The summed E-state index contributed by atoms with van der Waals surface area (Å²) in [6.45, 7) is 1.05. The number of carbonyl (C=O) groups is 2. The van der Waals surface area contributed by atoms with E-state index in [2.05, 4.69) is 15.4 Å². The van der Waals surface area contributed by atoms with Gasteiger partial charge in [-0.05, 0) is 37.1 Å². The Kier molecular flexibility index (Phi) is 4.69. The van der Waals surface area contributed by atoms with Crippen molar-refractivity contribution in [1.82, 2.24) is 19.7 Å². The molecule has 8 nitrogen and oxygen atoms in total. The van der Waals surface area contributed by atoms with Crippen LogP contribution in [0.3, 0.4) is 0 Å². The Morgan fingerprint density at radius 2 is 2.15 bits per heavy atom. The van der Waals surface area contributed by atoms with Crippen LogP contribution in [-0.4, -0.2) is 44.1 Å². The summed E-state index contributed by atoms with van der Waals surface area (Å²) in [5.41, 5.74) is 0.879. The van der Waals surface area contributed by atoms with Crippen molar-refractivity contribution in [3.8, 4) is 0 Å². The standard InChI is InChI=1S/C19H19N5O3/c25-18(15-6-3-10-24(15)19(26)16-7-4-12-27-16)21-17-8-11-23(22-17)13-14-5-1-2-9-20-14/h1-2,4-5,7-9,11-12,15H,3,6,10,13H2,(H,21,22,25). The largest absolute Gasteiger partial charge is 0.459 e. The molecule has 0 bridgehead atoms. The Balaban J connectivity index is 1.40. The van der Waals surface area contributed by atoms with Gasteiger partial charge in [0.05, 0.1) is 18.5 Å². The molecule has 1 N–H and O–H groups in total. The molecule has 1 aliphatic heterocycles. The Labute approximate surface area is 155 Å². The average molecular weight is 365 g/mol. The monoisotopic (exact) mass is 365 g/mol. The van der Waals surface area contributed by atoms with E-state index in [0.29, 0.717) is 25.3 Å². The van der Waals surface area contributed by atoms with Crippen LogP contribution >= 0.6 is 0 Å². The van der Waals surface area contributed by atoms with E-state index in [1.54, 1.807) is 40.2 Å². The maximum atomic E-state index is 12.7. The fraction of sp³-hybridized carbons (Fsp3) is 0.263. The third-order valence-corrected chi connectivity index (χ3v) is 4.49. The second-order valence-electron chi connectivity index (χ2n) is 6.34. The first kappa shape index (κ1) is 17.0. The molecule has 0 radical (unpaired) electrons. The lowest BCUT2D eigenvalue weighted by molar-refractivity contribution is -0.119. The minimum Gasteiger partial charge on any atom is -0.459 e. The van der Waals surface area contributed by atoms with Gasteiger partial charge in [-0.15, -0.1) is 0 Å². The first-order chi connectivity index (χ1) is 13.2. The maximum Gasteiger partial charge on any atom is 0.290 e. The molecule has 1 saturated heterocycles. The molecule has 3 aromatic heterocycles. The Bertz CT molecular complexity index is 920. The van der Waals surface area contributed by atoms with Crippen LogP contribution in [-0.2, 0) is 11.3 Å². The van der Waals surface area contributed by atoms with Crippen LogP contribution in [0.2, 0.25) is 0 Å². The first-order valence-corrected chi connectivity index (χ1v) is 8.79. The summed E-state index contributed by atoms with van der Waals surface area (Å²) in [7, 11) is 0. The summed E-state index contributed by atoms with van der Waals surface area (Å²) in [5.74, 6) is 0.191. The van der Waals surface area contributed by atoms with E-state index in [4.69, 9.17) is 4.42 Å². The lowest BCUT2D eigenvalue weighted by atomic mass is 10.2. The Morgan fingerprint density at radius 1 is 1.22 bits per heavy atom. The van der Waals surface area contributed by atoms with Crippen molar-refractivity contribution in [2.45, 2.75) is 25.4 Å². The van der Waals surface area contributed by atoms with E-state index in [9.17, 15) is 9.59 Å². The van der Waals surface area contributed by atoms with Crippen molar-refractivity contribution >= 4 is 17.6 Å². The van der Waals surface area contributed by atoms with Gasteiger partial charge in [-0.1, -0.05) is 6.07 Å². The zero-order valence-corrected chi connectivity index (χ0v) is 14.6. The maximum absolute atomic E-state index is 12.7. The molecule has 1 aliphatic rings. The minimum absolute atomic E-state index is 0.240. The summed E-state index contributed by atoms with van der Waals surface area (Å²) < 4.78 is 6.88. The molecule has 0 saturated carbocycles. The predicted octanol–water partition coefficient (Wildman–Crippen LogP) is 2.16. The number of hydrogen-bond donors (Lipinski definition) is 1. The van der Waals surface area contributed by atoms with Crippen molar-refractivity contribution in [2.24, 2.45) is 0 Å². The van der Waals surface area contributed by atoms with Gasteiger partial charge in [0.1, 0.15) is 6.04 Å². The number of anilines is 1. The van der Waals surface area contributed by atoms with E-state index in [-0.39, 0.29) is 17.6 Å². The van der Waals surface area contributed by atoms with Crippen molar-refractivity contribution < 1.29 is 14.0 Å². The summed E-state index contributed by atoms with van der Waals surface area (Å²) in [5, 5.41) is 7.16. The van der Waals surface area contributed by atoms with Gasteiger partial charge in [0.25, 0.3) is 5.91 Å². The van der Waals surface area contributed by atoms with Crippen LogP contribution in [0.4, 0.5) is 5.82 Å². The summed E-state index contributed by atoms with van der Waals surface area (Å²) in [4.78, 5) is 31.0. The SMILES string of the molecule is O=C(Nc1ccn(Cc2ccccn2)n1)C1CCCN1C(=O)c1ccco1. The molecule has 138 valence electrons. The highest BCUT2D eigenvalue weighted by atomic mass is 16.3. The zero-order chi connectivity index (χ0) is 18.6. The molecule has 1 unspecified atom stereocenters. The van der Waals surface area contributed by atoms with Crippen molar-refractivity contribution in [1.29, 1.82) is 0 Å². The Morgan fingerprint density at radius 3 is 2.93 bits per heavy atom. The van der Waals surface area contributed by atoms with Gasteiger partial charge in [-0.25, -0.2) is 0 Å². The van der Waals surface area contributed by atoms with E-state index in [0.717, 1.165) is 12.1 Å². The highest BCUT2D eigenvalue weighted by molar-refractivity contribution is 6.00. The lowest BCUT2D eigenvalue weighted by Crippen LogP contribution is -2.43. The van der Waals surface area contributed by atoms with Crippen LogP contribution in [0.5, 0.6) is 0 Å². The number of hydrogen-bond acceptors (Lipinski definition) is 5. The second kappa shape index (κ2) is 7.45. The van der Waals surface area contributed by atoms with Crippen LogP contribution in [0, 0.1) is 0 Å². The summed E-state index contributed by atoms with van der Waals surface area (Å²) in [6.07, 6.45) is 6.36. The summed E-state index contributed by atoms with van der Waals surface area (Å²) >= 11 is 0. The van der Waals surface area contributed by atoms with Gasteiger partial charge in [0.2, 0.25) is 5.91 Å². The van der Waals surface area contributed by atoms with Gasteiger partial charge in [0, 0.05) is 25.0 Å². The molecule has 8 heteroatoms. The van der Waals surface area contributed by atoms with Gasteiger partial charge >= 0.3 is 0 Å². The average Bonchev–Trinajstić information content (AvgIpc) is 3.44. The number of nitrogens with one attached hydrogen (secondary N) is 1.